The van der Waals surface area contributed by atoms with Gasteiger partial charge in [-0.05, 0) is 41.5 Å². The first-order valence-corrected chi connectivity index (χ1v) is 15.2. The van der Waals surface area contributed by atoms with Crippen LogP contribution in [0.5, 0.6) is 0 Å². The van der Waals surface area contributed by atoms with Crippen LogP contribution in [0, 0.1) is 11.8 Å². The molecule has 44 heavy (non-hydrogen) atoms. The van der Waals surface area contributed by atoms with Crippen molar-refractivity contribution in [3.63, 3.8) is 0 Å². The molecule has 4 heterocycles. The Hall–Kier alpha value is -4.95. The minimum absolute atomic E-state index is 0.0640. The topological polar surface area (TPSA) is 101 Å². The Bertz CT molecular complexity index is 2070. The van der Waals surface area contributed by atoms with E-state index in [4.69, 9.17) is 4.98 Å². The third-order valence-corrected chi connectivity index (χ3v) is 10.0. The second kappa shape index (κ2) is 9.03. The monoisotopic (exact) mass is 579 g/mol. The fourth-order valence-electron chi connectivity index (χ4n) is 7.65. The van der Waals surface area contributed by atoms with Crippen molar-refractivity contribution in [3.05, 3.63) is 109 Å². The average Bonchev–Trinajstić information content (AvgIpc) is 3.69. The van der Waals surface area contributed by atoms with Gasteiger partial charge in [0.05, 0.1) is 23.0 Å². The maximum Gasteiger partial charge on any atom is 0.242 e. The van der Waals surface area contributed by atoms with E-state index in [1.807, 2.05) is 48.8 Å². The van der Waals surface area contributed by atoms with Gasteiger partial charge in [0.2, 0.25) is 5.91 Å². The standard InChI is InChI=1S/C36H29N5O3/c42-29-8-4-7-24-19-40(34(43)31(24)29)35(20-36(44,21-35)27-13-14-27)26-11-9-23(10-12-26)32-28(22-5-2-1-3-6-22)17-25-18-37-30-15-16-38-41(30)33(25)39-32/h1-7,9-12,15-19,27,31,44H,8,13-14,20-21H2/t31?,35-,36+. The number of fused-ring (bicyclic) bond motifs is 4. The van der Waals surface area contributed by atoms with Crippen molar-refractivity contribution in [1.82, 2.24) is 24.5 Å². The Morgan fingerprint density at radius 1 is 0.932 bits per heavy atom. The normalized spacial score (nSPS) is 26.2. The Balaban J connectivity index is 1.16. The lowest BCUT2D eigenvalue weighted by Gasteiger charge is -2.57. The van der Waals surface area contributed by atoms with Crippen LogP contribution in [0.25, 0.3) is 39.1 Å². The number of aliphatic hydroxyl groups is 1. The molecule has 4 aliphatic rings. The highest BCUT2D eigenvalue weighted by molar-refractivity contribution is 6.08. The summed E-state index contributed by atoms with van der Waals surface area (Å²) in [6.07, 6.45) is 12.3. The van der Waals surface area contributed by atoms with Gasteiger partial charge in [0.1, 0.15) is 5.92 Å². The Morgan fingerprint density at radius 3 is 2.48 bits per heavy atom. The molecular formula is C36H29N5O3. The Labute approximate surface area is 253 Å². The third kappa shape index (κ3) is 3.64. The summed E-state index contributed by atoms with van der Waals surface area (Å²) < 4.78 is 1.76. The molecule has 2 aromatic carbocycles. The molecule has 9 rings (SSSR count). The van der Waals surface area contributed by atoms with E-state index in [1.165, 1.54) is 0 Å². The molecule has 3 aromatic heterocycles. The molecule has 0 saturated heterocycles. The third-order valence-electron chi connectivity index (χ3n) is 10.0. The van der Waals surface area contributed by atoms with E-state index in [-0.39, 0.29) is 24.0 Å². The van der Waals surface area contributed by atoms with E-state index < -0.39 is 17.1 Å². The lowest BCUT2D eigenvalue weighted by atomic mass is 9.59. The molecule has 2 saturated carbocycles. The van der Waals surface area contributed by atoms with E-state index in [0.29, 0.717) is 12.8 Å². The van der Waals surface area contributed by atoms with E-state index in [2.05, 4.69) is 52.5 Å². The Morgan fingerprint density at radius 2 is 1.73 bits per heavy atom. The number of hydrogen-bond donors (Lipinski definition) is 1. The second-order valence-corrected chi connectivity index (χ2v) is 12.7. The fourth-order valence-corrected chi connectivity index (χ4v) is 7.65. The molecule has 1 aliphatic heterocycles. The SMILES string of the molecule is O=C1CC=CC2=CN([C@]3(c4ccc(-c5nc6c(cnc7ccnn76)cc5-c5ccccc5)cc4)C[C@@](O)(C4CC4)C3)C(=O)C12. The first-order valence-electron chi connectivity index (χ1n) is 15.2. The molecular weight excluding hydrogens is 550 g/mol. The lowest BCUT2D eigenvalue weighted by molar-refractivity contribution is -0.169. The number of allylic oxidation sites excluding steroid dienone is 2. The summed E-state index contributed by atoms with van der Waals surface area (Å²) >= 11 is 0. The summed E-state index contributed by atoms with van der Waals surface area (Å²) in [4.78, 5) is 38.0. The van der Waals surface area contributed by atoms with E-state index in [9.17, 15) is 14.7 Å². The predicted molar refractivity (Wildman–Crippen MR) is 165 cm³/mol. The van der Waals surface area contributed by atoms with Crippen LogP contribution >= 0.6 is 0 Å². The molecule has 1 N–H and O–H groups in total. The zero-order valence-electron chi connectivity index (χ0n) is 23.9. The summed E-state index contributed by atoms with van der Waals surface area (Å²) in [6.45, 7) is 0. The van der Waals surface area contributed by atoms with Gasteiger partial charge in [0, 0.05) is 54.2 Å². The van der Waals surface area contributed by atoms with Gasteiger partial charge in [-0.25, -0.2) is 9.97 Å². The molecule has 0 spiro atoms. The minimum atomic E-state index is -0.797. The molecule has 0 bridgehead atoms. The summed E-state index contributed by atoms with van der Waals surface area (Å²) in [5, 5.41) is 16.9. The van der Waals surface area contributed by atoms with Gasteiger partial charge in [-0.3, -0.25) is 9.59 Å². The zero-order chi connectivity index (χ0) is 29.6. The number of ketones is 1. The minimum Gasteiger partial charge on any atom is -0.389 e. The molecule has 5 aromatic rings. The number of pyridine rings is 1. The number of carbonyl (C=O) groups excluding carboxylic acids is 2. The largest absolute Gasteiger partial charge is 0.389 e. The van der Waals surface area contributed by atoms with Crippen molar-refractivity contribution in [2.24, 2.45) is 11.8 Å². The van der Waals surface area contributed by atoms with Crippen LogP contribution in [0.15, 0.2) is 103 Å². The van der Waals surface area contributed by atoms with E-state index in [1.54, 1.807) is 15.6 Å². The summed E-state index contributed by atoms with van der Waals surface area (Å²) in [5.41, 5.74) is 5.41. The first-order chi connectivity index (χ1) is 21.4. The van der Waals surface area contributed by atoms with Crippen LogP contribution in [-0.2, 0) is 15.1 Å². The van der Waals surface area contributed by atoms with Crippen LogP contribution in [-0.4, -0.2) is 46.9 Å². The molecule has 1 amide bonds. The highest BCUT2D eigenvalue weighted by atomic mass is 16.3. The molecule has 8 nitrogen and oxygen atoms in total. The molecule has 1 unspecified atom stereocenters. The van der Waals surface area contributed by atoms with Crippen molar-refractivity contribution in [2.75, 3.05) is 0 Å². The number of amides is 1. The summed E-state index contributed by atoms with van der Waals surface area (Å²) in [6, 6.07) is 22.4. The number of benzene rings is 2. The molecule has 0 radical (unpaired) electrons. The van der Waals surface area contributed by atoms with Gasteiger partial charge < -0.3 is 10.0 Å². The predicted octanol–water partition coefficient (Wildman–Crippen LogP) is 5.61. The van der Waals surface area contributed by atoms with Crippen molar-refractivity contribution in [2.45, 2.75) is 43.2 Å². The molecule has 8 heteroatoms. The van der Waals surface area contributed by atoms with Crippen LogP contribution < -0.4 is 0 Å². The maximum absolute atomic E-state index is 13.8. The Kier molecular flexibility index (Phi) is 5.24. The summed E-state index contributed by atoms with van der Waals surface area (Å²) in [5.74, 6) is -0.718. The second-order valence-electron chi connectivity index (χ2n) is 12.7. The lowest BCUT2D eigenvalue weighted by Crippen LogP contribution is -2.63. The zero-order valence-corrected chi connectivity index (χ0v) is 23.9. The van der Waals surface area contributed by atoms with Gasteiger partial charge in [0.25, 0.3) is 0 Å². The van der Waals surface area contributed by atoms with E-state index in [0.717, 1.165) is 63.0 Å². The van der Waals surface area contributed by atoms with Crippen molar-refractivity contribution >= 4 is 28.4 Å². The van der Waals surface area contributed by atoms with Crippen molar-refractivity contribution in [3.8, 4) is 22.4 Å². The average molecular weight is 580 g/mol. The van der Waals surface area contributed by atoms with Crippen molar-refractivity contribution in [1.29, 1.82) is 0 Å². The number of Topliss-reactive ketones (excluding diaryl/α,β-unsaturated/α-hetero) is 1. The fraction of sp³-hybridized carbons (Fsp3) is 0.250. The number of rotatable bonds is 5. The number of nitrogens with zero attached hydrogens (tertiary/aromatic N) is 5. The number of carbonyl (C=O) groups is 2. The van der Waals surface area contributed by atoms with Crippen LogP contribution in [0.2, 0.25) is 0 Å². The molecule has 2 fully saturated rings. The van der Waals surface area contributed by atoms with Gasteiger partial charge in [0.15, 0.2) is 17.1 Å². The summed E-state index contributed by atoms with van der Waals surface area (Å²) in [7, 11) is 0. The van der Waals surface area contributed by atoms with Gasteiger partial charge in [-0.15, -0.1) is 0 Å². The smallest absolute Gasteiger partial charge is 0.242 e. The first kappa shape index (κ1) is 25.5. The number of hydrogen-bond acceptors (Lipinski definition) is 6. The molecule has 3 aliphatic carbocycles. The quantitative estimate of drug-likeness (QED) is 0.272. The van der Waals surface area contributed by atoms with Crippen LogP contribution in [0.3, 0.4) is 0 Å². The van der Waals surface area contributed by atoms with Crippen LogP contribution in [0.1, 0.15) is 37.7 Å². The van der Waals surface area contributed by atoms with Gasteiger partial charge >= 0.3 is 0 Å². The highest BCUT2D eigenvalue weighted by Crippen LogP contribution is 2.62. The van der Waals surface area contributed by atoms with Crippen LogP contribution in [0.4, 0.5) is 0 Å². The highest BCUT2D eigenvalue weighted by Gasteiger charge is 2.65. The number of aromatic nitrogens is 4. The van der Waals surface area contributed by atoms with Gasteiger partial charge in [-0.2, -0.15) is 9.61 Å². The maximum atomic E-state index is 13.8. The molecule has 1 atom stereocenters. The van der Waals surface area contributed by atoms with Gasteiger partial charge in [-0.1, -0.05) is 66.7 Å². The van der Waals surface area contributed by atoms with E-state index >= 15 is 0 Å². The molecule has 216 valence electrons. The van der Waals surface area contributed by atoms with Crippen molar-refractivity contribution < 1.29 is 14.7 Å².